The summed E-state index contributed by atoms with van der Waals surface area (Å²) in [4.78, 5) is 14.3. The Morgan fingerprint density at radius 1 is 1.39 bits per heavy atom. The molecule has 0 spiro atoms. The molecule has 1 fully saturated rings. The van der Waals surface area contributed by atoms with Gasteiger partial charge in [-0.3, -0.25) is 4.79 Å². The van der Waals surface area contributed by atoms with Crippen molar-refractivity contribution < 1.29 is 4.79 Å². The molecule has 98 valence electrons. The minimum Gasteiger partial charge on any atom is -0.339 e. The summed E-state index contributed by atoms with van der Waals surface area (Å²) in [6, 6.07) is 9.91. The van der Waals surface area contributed by atoms with E-state index < -0.39 is 6.04 Å². The number of carbonyl (C=O) groups excluding carboxylic acids is 1. The van der Waals surface area contributed by atoms with Crippen molar-refractivity contribution in [2.45, 2.75) is 44.7 Å². The second-order valence-electron chi connectivity index (χ2n) is 5.17. The van der Waals surface area contributed by atoms with Crippen LogP contribution in [-0.4, -0.2) is 29.4 Å². The second-order valence-corrected chi connectivity index (χ2v) is 5.17. The van der Waals surface area contributed by atoms with Crippen molar-refractivity contribution in [3.05, 3.63) is 35.9 Å². The number of carbonyl (C=O) groups is 1. The van der Waals surface area contributed by atoms with Crippen molar-refractivity contribution in [1.29, 1.82) is 0 Å². The van der Waals surface area contributed by atoms with Gasteiger partial charge in [0.15, 0.2) is 0 Å². The summed E-state index contributed by atoms with van der Waals surface area (Å²) in [5.41, 5.74) is 7.18. The third-order valence-corrected chi connectivity index (χ3v) is 3.70. The van der Waals surface area contributed by atoms with E-state index in [1.807, 2.05) is 35.2 Å². The largest absolute Gasteiger partial charge is 0.339 e. The molecule has 1 heterocycles. The number of likely N-dealkylation sites (tertiary alicyclic amines) is 1. The quantitative estimate of drug-likeness (QED) is 0.886. The standard InChI is InChI=1S/C15H22N2O/c1-12-7-5-6-10-17(12)15(18)14(16)11-13-8-3-2-4-9-13/h2-4,8-9,12,14H,5-7,10-11,16H2,1H3/t12-,14-/m0/s1. The first-order chi connectivity index (χ1) is 8.68. The Hall–Kier alpha value is -1.35. The molecule has 1 aromatic carbocycles. The van der Waals surface area contributed by atoms with Crippen LogP contribution in [-0.2, 0) is 11.2 Å². The number of piperidine rings is 1. The van der Waals surface area contributed by atoms with E-state index in [4.69, 9.17) is 5.73 Å². The molecular weight excluding hydrogens is 224 g/mol. The van der Waals surface area contributed by atoms with Gasteiger partial charge in [-0.05, 0) is 38.2 Å². The summed E-state index contributed by atoms with van der Waals surface area (Å²) in [7, 11) is 0. The Labute approximate surface area is 109 Å². The molecule has 0 saturated carbocycles. The number of amides is 1. The topological polar surface area (TPSA) is 46.3 Å². The molecule has 3 heteroatoms. The molecule has 0 bridgehead atoms. The smallest absolute Gasteiger partial charge is 0.240 e. The summed E-state index contributed by atoms with van der Waals surface area (Å²) in [5.74, 6) is 0.103. The third-order valence-electron chi connectivity index (χ3n) is 3.70. The first kappa shape index (κ1) is 13.1. The monoisotopic (exact) mass is 246 g/mol. The lowest BCUT2D eigenvalue weighted by Crippen LogP contribution is -2.50. The van der Waals surface area contributed by atoms with E-state index in [0.717, 1.165) is 24.9 Å². The molecule has 1 aliphatic heterocycles. The van der Waals surface area contributed by atoms with Crippen molar-refractivity contribution in [2.24, 2.45) is 5.73 Å². The van der Waals surface area contributed by atoms with Crippen LogP contribution in [0.5, 0.6) is 0 Å². The Kier molecular flexibility index (Phi) is 4.37. The van der Waals surface area contributed by atoms with Gasteiger partial charge >= 0.3 is 0 Å². The first-order valence-corrected chi connectivity index (χ1v) is 6.78. The molecule has 1 saturated heterocycles. The molecule has 2 rings (SSSR count). The molecule has 1 aromatic rings. The molecule has 2 atom stereocenters. The minimum atomic E-state index is -0.409. The van der Waals surface area contributed by atoms with E-state index in [1.165, 1.54) is 6.42 Å². The van der Waals surface area contributed by atoms with E-state index in [-0.39, 0.29) is 5.91 Å². The average Bonchev–Trinajstić information content (AvgIpc) is 2.39. The van der Waals surface area contributed by atoms with E-state index in [2.05, 4.69) is 6.92 Å². The highest BCUT2D eigenvalue weighted by Crippen LogP contribution is 2.17. The first-order valence-electron chi connectivity index (χ1n) is 6.78. The second kappa shape index (κ2) is 6.01. The maximum atomic E-state index is 12.3. The van der Waals surface area contributed by atoms with E-state index in [0.29, 0.717) is 12.5 Å². The Morgan fingerprint density at radius 2 is 2.11 bits per heavy atom. The Bertz CT molecular complexity index is 391. The van der Waals surface area contributed by atoms with Crippen molar-refractivity contribution >= 4 is 5.91 Å². The van der Waals surface area contributed by atoms with Gasteiger partial charge in [0.2, 0.25) is 5.91 Å². The van der Waals surface area contributed by atoms with Crippen LogP contribution < -0.4 is 5.73 Å². The van der Waals surface area contributed by atoms with E-state index >= 15 is 0 Å². The van der Waals surface area contributed by atoms with Gasteiger partial charge in [-0.1, -0.05) is 30.3 Å². The number of hydrogen-bond donors (Lipinski definition) is 1. The van der Waals surface area contributed by atoms with Crippen LogP contribution in [0, 0.1) is 0 Å². The molecule has 0 radical (unpaired) electrons. The summed E-state index contributed by atoms with van der Waals surface area (Å²) < 4.78 is 0. The van der Waals surface area contributed by atoms with Crippen LogP contribution in [0.3, 0.4) is 0 Å². The van der Waals surface area contributed by atoms with Gasteiger partial charge in [-0.25, -0.2) is 0 Å². The molecular formula is C15H22N2O. The van der Waals surface area contributed by atoms with Gasteiger partial charge in [-0.15, -0.1) is 0 Å². The van der Waals surface area contributed by atoms with Crippen molar-refractivity contribution in [3.63, 3.8) is 0 Å². The molecule has 2 N–H and O–H groups in total. The lowest BCUT2D eigenvalue weighted by atomic mass is 10.0. The van der Waals surface area contributed by atoms with E-state index in [9.17, 15) is 4.79 Å². The van der Waals surface area contributed by atoms with Crippen molar-refractivity contribution in [2.75, 3.05) is 6.54 Å². The van der Waals surface area contributed by atoms with Crippen molar-refractivity contribution in [1.82, 2.24) is 4.90 Å². The number of benzene rings is 1. The van der Waals surface area contributed by atoms with Gasteiger partial charge in [0, 0.05) is 12.6 Å². The van der Waals surface area contributed by atoms with Gasteiger partial charge in [-0.2, -0.15) is 0 Å². The van der Waals surface area contributed by atoms with Gasteiger partial charge < -0.3 is 10.6 Å². The zero-order valence-electron chi connectivity index (χ0n) is 11.0. The number of rotatable bonds is 3. The minimum absolute atomic E-state index is 0.103. The lowest BCUT2D eigenvalue weighted by molar-refractivity contribution is -0.135. The lowest BCUT2D eigenvalue weighted by Gasteiger charge is -2.35. The fraction of sp³-hybridized carbons (Fsp3) is 0.533. The fourth-order valence-corrected chi connectivity index (χ4v) is 2.59. The molecule has 0 aliphatic carbocycles. The highest BCUT2D eigenvalue weighted by atomic mass is 16.2. The van der Waals surface area contributed by atoms with Crippen molar-refractivity contribution in [3.8, 4) is 0 Å². The zero-order valence-corrected chi connectivity index (χ0v) is 11.0. The third kappa shape index (κ3) is 3.10. The van der Waals surface area contributed by atoms with Gasteiger partial charge in [0.25, 0.3) is 0 Å². The molecule has 18 heavy (non-hydrogen) atoms. The van der Waals surface area contributed by atoms with Crippen LogP contribution in [0.25, 0.3) is 0 Å². The average molecular weight is 246 g/mol. The number of nitrogens with zero attached hydrogens (tertiary/aromatic N) is 1. The fourth-order valence-electron chi connectivity index (χ4n) is 2.59. The van der Waals surface area contributed by atoms with Crippen LogP contribution in [0.1, 0.15) is 31.7 Å². The van der Waals surface area contributed by atoms with Crippen LogP contribution in [0.4, 0.5) is 0 Å². The maximum absolute atomic E-state index is 12.3. The highest BCUT2D eigenvalue weighted by Gasteiger charge is 2.27. The molecule has 0 aromatic heterocycles. The predicted octanol–water partition coefficient (Wildman–Crippen LogP) is 1.96. The maximum Gasteiger partial charge on any atom is 0.240 e. The summed E-state index contributed by atoms with van der Waals surface area (Å²) in [5, 5.41) is 0. The highest BCUT2D eigenvalue weighted by molar-refractivity contribution is 5.82. The van der Waals surface area contributed by atoms with Gasteiger partial charge in [0.05, 0.1) is 6.04 Å². The Morgan fingerprint density at radius 3 is 2.78 bits per heavy atom. The Balaban J connectivity index is 1.96. The molecule has 1 aliphatic rings. The predicted molar refractivity (Wildman–Crippen MR) is 73.1 cm³/mol. The van der Waals surface area contributed by atoms with Crippen LogP contribution in [0.15, 0.2) is 30.3 Å². The number of nitrogens with two attached hydrogens (primary N) is 1. The van der Waals surface area contributed by atoms with Crippen LogP contribution >= 0.6 is 0 Å². The summed E-state index contributed by atoms with van der Waals surface area (Å²) in [6.07, 6.45) is 4.06. The normalized spacial score (nSPS) is 21.7. The number of hydrogen-bond acceptors (Lipinski definition) is 2. The molecule has 1 amide bonds. The van der Waals surface area contributed by atoms with Crippen LogP contribution in [0.2, 0.25) is 0 Å². The molecule has 3 nitrogen and oxygen atoms in total. The van der Waals surface area contributed by atoms with Gasteiger partial charge in [0.1, 0.15) is 0 Å². The SMILES string of the molecule is C[C@H]1CCCCN1C(=O)[C@@H](N)Cc1ccccc1. The summed E-state index contributed by atoms with van der Waals surface area (Å²) in [6.45, 7) is 2.98. The molecule has 0 unspecified atom stereocenters. The zero-order chi connectivity index (χ0) is 13.0. The summed E-state index contributed by atoms with van der Waals surface area (Å²) >= 11 is 0. The van der Waals surface area contributed by atoms with E-state index in [1.54, 1.807) is 0 Å².